The summed E-state index contributed by atoms with van der Waals surface area (Å²) in [7, 11) is -4.03. The molecule has 0 N–H and O–H groups in total. The first-order valence-corrected chi connectivity index (χ1v) is 11.0. The van der Waals surface area contributed by atoms with E-state index in [0.717, 1.165) is 22.4 Å². The van der Waals surface area contributed by atoms with Gasteiger partial charge in [0.1, 0.15) is 17.8 Å². The third-order valence-corrected chi connectivity index (χ3v) is 6.65. The van der Waals surface area contributed by atoms with E-state index >= 15 is 0 Å². The Labute approximate surface area is 186 Å². The van der Waals surface area contributed by atoms with Gasteiger partial charge in [0.2, 0.25) is 0 Å². The largest absolute Gasteiger partial charge is 0.501 e. The third-order valence-electron chi connectivity index (χ3n) is 5.15. The Morgan fingerprint density at radius 1 is 1.06 bits per heavy atom. The molecule has 1 aromatic heterocycles. The van der Waals surface area contributed by atoms with Crippen LogP contribution in [0, 0.1) is 0 Å². The van der Waals surface area contributed by atoms with Gasteiger partial charge in [-0.1, -0.05) is 12.1 Å². The first kappa shape index (κ1) is 22.5. The number of carbonyl (C=O) groups is 2. The Bertz CT molecular complexity index is 1360. The molecule has 0 unspecified atom stereocenters. The second-order valence-corrected chi connectivity index (χ2v) is 9.08. The number of halogens is 3. The van der Waals surface area contributed by atoms with Crippen molar-refractivity contribution in [1.29, 1.82) is 0 Å². The molecule has 4 rings (SSSR count). The Morgan fingerprint density at radius 3 is 2.39 bits per heavy atom. The molecule has 0 bridgehead atoms. The number of hydrogen-bond acceptors (Lipinski definition) is 6. The number of methoxy groups -OCH3 is 1. The standard InChI is InChI=1S/C21H16F3N3O5S/c1-32-17-4-2-3-16-13(9-10-25-19(16)17)11-26-12-18(28)27(20(26)29)14-5-7-15(8-6-14)33(30,31)21(22,23)24/h2-10H,11-12H2,1H3. The number of pyridine rings is 1. The lowest BCUT2D eigenvalue weighted by Crippen LogP contribution is -2.33. The van der Waals surface area contributed by atoms with Gasteiger partial charge in [-0.2, -0.15) is 13.2 Å². The molecule has 0 aliphatic carbocycles. The monoisotopic (exact) mass is 479 g/mol. The molecule has 0 saturated carbocycles. The summed E-state index contributed by atoms with van der Waals surface area (Å²) in [4.78, 5) is 30.8. The number of hydrogen-bond donors (Lipinski definition) is 0. The van der Waals surface area contributed by atoms with Crippen molar-refractivity contribution in [3.63, 3.8) is 0 Å². The van der Waals surface area contributed by atoms with E-state index in [9.17, 15) is 31.2 Å². The molecular formula is C21H16F3N3O5S. The number of sulfone groups is 1. The molecule has 12 heteroatoms. The van der Waals surface area contributed by atoms with Crippen molar-refractivity contribution >= 4 is 38.4 Å². The van der Waals surface area contributed by atoms with Crippen molar-refractivity contribution in [1.82, 2.24) is 9.88 Å². The number of benzene rings is 2. The van der Waals surface area contributed by atoms with Crippen molar-refractivity contribution in [2.75, 3.05) is 18.6 Å². The van der Waals surface area contributed by atoms with Crippen LogP contribution in [-0.2, 0) is 21.2 Å². The molecule has 1 aliphatic heterocycles. The zero-order valence-corrected chi connectivity index (χ0v) is 17.9. The van der Waals surface area contributed by atoms with Crippen LogP contribution in [0.2, 0.25) is 0 Å². The number of amides is 3. The highest BCUT2D eigenvalue weighted by Crippen LogP contribution is 2.32. The topological polar surface area (TPSA) is 96.9 Å². The van der Waals surface area contributed by atoms with Gasteiger partial charge in [0.25, 0.3) is 15.7 Å². The molecule has 0 radical (unpaired) electrons. The normalized spacial score (nSPS) is 14.9. The first-order valence-electron chi connectivity index (χ1n) is 9.48. The number of carbonyl (C=O) groups excluding carboxylic acids is 2. The maximum atomic E-state index is 12.9. The summed E-state index contributed by atoms with van der Waals surface area (Å²) < 4.78 is 66.6. The minimum atomic E-state index is -5.54. The molecule has 1 saturated heterocycles. The first-order chi connectivity index (χ1) is 15.5. The van der Waals surface area contributed by atoms with E-state index in [-0.39, 0.29) is 18.8 Å². The number of anilines is 1. The van der Waals surface area contributed by atoms with Crippen molar-refractivity contribution < 1.29 is 35.9 Å². The highest BCUT2D eigenvalue weighted by molar-refractivity contribution is 7.92. The summed E-state index contributed by atoms with van der Waals surface area (Å²) in [5.41, 5.74) is -4.18. The minimum absolute atomic E-state index is 0.0325. The highest BCUT2D eigenvalue weighted by Gasteiger charge is 2.47. The molecular weight excluding hydrogens is 463 g/mol. The molecule has 1 aliphatic rings. The van der Waals surface area contributed by atoms with Crippen LogP contribution in [0.25, 0.3) is 10.9 Å². The Balaban J connectivity index is 1.60. The van der Waals surface area contributed by atoms with Crippen LogP contribution in [-0.4, -0.2) is 49.4 Å². The maximum Gasteiger partial charge on any atom is 0.501 e. The Hall–Kier alpha value is -3.67. The van der Waals surface area contributed by atoms with Crippen LogP contribution in [0.4, 0.5) is 23.7 Å². The zero-order chi connectivity index (χ0) is 24.0. The number of nitrogens with zero attached hydrogens (tertiary/aromatic N) is 3. The van der Waals surface area contributed by atoms with Gasteiger partial charge in [-0.3, -0.25) is 9.78 Å². The van der Waals surface area contributed by atoms with Gasteiger partial charge in [0.05, 0.1) is 17.7 Å². The van der Waals surface area contributed by atoms with Gasteiger partial charge in [-0.25, -0.2) is 18.1 Å². The number of rotatable bonds is 5. The molecule has 0 spiro atoms. The van der Waals surface area contributed by atoms with Crippen LogP contribution in [0.1, 0.15) is 5.56 Å². The maximum absolute atomic E-state index is 12.9. The Kier molecular flexibility index (Phi) is 5.48. The average Bonchev–Trinajstić information content (AvgIpc) is 3.05. The summed E-state index contributed by atoms with van der Waals surface area (Å²) in [5, 5.41) is 0.734. The number of fused-ring (bicyclic) bond motifs is 1. The van der Waals surface area contributed by atoms with Crippen LogP contribution < -0.4 is 9.64 Å². The second-order valence-electron chi connectivity index (χ2n) is 7.14. The van der Waals surface area contributed by atoms with Crippen LogP contribution in [0.3, 0.4) is 0 Å². The Morgan fingerprint density at radius 2 is 1.76 bits per heavy atom. The molecule has 33 heavy (non-hydrogen) atoms. The fourth-order valence-electron chi connectivity index (χ4n) is 3.55. The predicted octanol–water partition coefficient (Wildman–Crippen LogP) is 3.51. The van der Waals surface area contributed by atoms with Gasteiger partial charge in [-0.05, 0) is 42.0 Å². The number of aromatic nitrogens is 1. The summed E-state index contributed by atoms with van der Waals surface area (Å²) in [5.74, 6) is -0.0453. The zero-order valence-electron chi connectivity index (χ0n) is 17.0. The number of ether oxygens (including phenoxy) is 1. The van der Waals surface area contributed by atoms with E-state index in [4.69, 9.17) is 4.74 Å². The number of alkyl halides is 3. The van der Waals surface area contributed by atoms with Crippen molar-refractivity contribution in [2.45, 2.75) is 16.9 Å². The van der Waals surface area contributed by atoms with Crippen molar-refractivity contribution in [3.8, 4) is 5.75 Å². The van der Waals surface area contributed by atoms with Crippen LogP contribution >= 0.6 is 0 Å². The number of para-hydroxylation sites is 1. The van der Waals surface area contributed by atoms with E-state index in [2.05, 4.69) is 4.98 Å². The van der Waals surface area contributed by atoms with E-state index in [1.165, 1.54) is 12.0 Å². The average molecular weight is 479 g/mol. The predicted molar refractivity (Wildman–Crippen MR) is 111 cm³/mol. The second kappa shape index (κ2) is 8.03. The summed E-state index contributed by atoms with van der Waals surface area (Å²) in [6.45, 7) is -0.178. The SMILES string of the molecule is COc1cccc2c(CN3CC(=O)N(c4ccc(S(=O)(=O)C(F)(F)F)cc4)C3=O)ccnc12. The van der Waals surface area contributed by atoms with E-state index in [0.29, 0.717) is 29.0 Å². The molecule has 0 atom stereocenters. The molecule has 3 aromatic rings. The lowest BCUT2D eigenvalue weighted by atomic mass is 10.1. The van der Waals surface area contributed by atoms with Crippen molar-refractivity contribution in [2.24, 2.45) is 0 Å². The summed E-state index contributed by atoms with van der Waals surface area (Å²) >= 11 is 0. The molecule has 2 heterocycles. The summed E-state index contributed by atoms with van der Waals surface area (Å²) in [6.07, 6.45) is 1.56. The molecule has 172 valence electrons. The smallest absolute Gasteiger partial charge is 0.494 e. The highest BCUT2D eigenvalue weighted by atomic mass is 32.2. The number of imide groups is 1. The minimum Gasteiger partial charge on any atom is -0.494 e. The van der Waals surface area contributed by atoms with Crippen LogP contribution in [0.15, 0.2) is 59.6 Å². The van der Waals surface area contributed by atoms with Gasteiger partial charge in [-0.15, -0.1) is 0 Å². The van der Waals surface area contributed by atoms with E-state index < -0.39 is 32.2 Å². The fourth-order valence-corrected chi connectivity index (χ4v) is 4.31. The van der Waals surface area contributed by atoms with Crippen molar-refractivity contribution in [3.05, 3.63) is 60.3 Å². The van der Waals surface area contributed by atoms with E-state index in [1.54, 1.807) is 30.5 Å². The van der Waals surface area contributed by atoms with Gasteiger partial charge in [0, 0.05) is 18.1 Å². The number of urea groups is 1. The summed E-state index contributed by atoms with van der Waals surface area (Å²) in [6, 6.07) is 9.75. The molecule has 1 fully saturated rings. The quantitative estimate of drug-likeness (QED) is 0.520. The fraction of sp³-hybridized carbons (Fsp3) is 0.190. The third kappa shape index (κ3) is 3.86. The van der Waals surface area contributed by atoms with Gasteiger partial charge >= 0.3 is 11.5 Å². The molecule has 2 aromatic carbocycles. The lowest BCUT2D eigenvalue weighted by Gasteiger charge is -2.18. The van der Waals surface area contributed by atoms with Crippen LogP contribution in [0.5, 0.6) is 5.75 Å². The molecule has 8 nitrogen and oxygen atoms in total. The van der Waals surface area contributed by atoms with Gasteiger partial charge in [0.15, 0.2) is 0 Å². The van der Waals surface area contributed by atoms with E-state index in [1.807, 2.05) is 0 Å². The lowest BCUT2D eigenvalue weighted by molar-refractivity contribution is -0.116. The molecule has 3 amide bonds. The van der Waals surface area contributed by atoms with Gasteiger partial charge < -0.3 is 9.64 Å².